The lowest BCUT2D eigenvalue weighted by atomic mass is 10.1. The molecule has 3 heterocycles. The van der Waals surface area contributed by atoms with Crippen molar-refractivity contribution in [1.29, 1.82) is 0 Å². The molecule has 0 aliphatic carbocycles. The van der Waals surface area contributed by atoms with Gasteiger partial charge in [0.25, 0.3) is 5.91 Å². The number of imidazole rings is 1. The number of carbonyl (C=O) groups excluding carboxylic acids is 1. The average Bonchev–Trinajstić information content (AvgIpc) is 3.08. The fraction of sp³-hybridized carbons (Fsp3) is 0.333. The Balaban J connectivity index is 1.44. The molecule has 0 spiro atoms. The number of rotatable bonds is 4. The molecule has 1 aromatic carbocycles. The van der Waals surface area contributed by atoms with Crippen LogP contribution in [0, 0.1) is 6.92 Å². The maximum absolute atomic E-state index is 12.7. The topological polar surface area (TPSA) is 72.9 Å². The lowest BCUT2D eigenvalue weighted by Crippen LogP contribution is -2.45. The smallest absolute Gasteiger partial charge is 0.254 e. The van der Waals surface area contributed by atoms with Gasteiger partial charge in [-0.25, -0.2) is 4.98 Å². The first-order valence-electron chi connectivity index (χ1n) is 9.30. The Morgan fingerprint density at radius 1 is 1.30 bits per heavy atom. The number of likely N-dealkylation sites (tertiary alicyclic amines) is 1. The van der Waals surface area contributed by atoms with Crippen LogP contribution in [0.5, 0.6) is 5.75 Å². The van der Waals surface area contributed by atoms with E-state index in [2.05, 4.69) is 4.98 Å². The summed E-state index contributed by atoms with van der Waals surface area (Å²) < 4.78 is 7.87. The molecule has 6 heteroatoms. The third-order valence-corrected chi connectivity index (χ3v) is 4.86. The van der Waals surface area contributed by atoms with Gasteiger partial charge in [0.2, 0.25) is 0 Å². The van der Waals surface area contributed by atoms with E-state index in [9.17, 15) is 4.79 Å². The maximum atomic E-state index is 12.7. The van der Waals surface area contributed by atoms with Gasteiger partial charge in [-0.15, -0.1) is 0 Å². The highest BCUT2D eigenvalue weighted by atomic mass is 16.5. The molecule has 0 radical (unpaired) electrons. The first kappa shape index (κ1) is 17.5. The van der Waals surface area contributed by atoms with Gasteiger partial charge in [-0.05, 0) is 49.6 Å². The second-order valence-electron chi connectivity index (χ2n) is 7.17. The van der Waals surface area contributed by atoms with E-state index in [1.807, 2.05) is 58.9 Å². The Morgan fingerprint density at radius 3 is 3.04 bits per heavy atom. The molecule has 0 bridgehead atoms. The summed E-state index contributed by atoms with van der Waals surface area (Å²) in [4.78, 5) is 19.1. The first-order chi connectivity index (χ1) is 13.1. The number of piperidine rings is 1. The van der Waals surface area contributed by atoms with Crippen molar-refractivity contribution in [2.45, 2.75) is 32.4 Å². The van der Waals surface area contributed by atoms with Crippen molar-refractivity contribution >= 4 is 11.6 Å². The Labute approximate surface area is 158 Å². The molecule has 140 valence electrons. The number of benzene rings is 1. The molecular weight excluding hydrogens is 340 g/mol. The Morgan fingerprint density at radius 2 is 2.19 bits per heavy atom. The van der Waals surface area contributed by atoms with Crippen LogP contribution in [0.15, 0.2) is 48.8 Å². The molecule has 6 nitrogen and oxygen atoms in total. The number of hydrogen-bond acceptors (Lipinski definition) is 4. The van der Waals surface area contributed by atoms with Gasteiger partial charge < -0.3 is 19.8 Å². The van der Waals surface area contributed by atoms with Crippen LogP contribution in [-0.2, 0) is 6.61 Å². The number of hydrogen-bond donors (Lipinski definition) is 1. The summed E-state index contributed by atoms with van der Waals surface area (Å²) in [6, 6.07) is 11.4. The largest absolute Gasteiger partial charge is 0.487 e. The SMILES string of the molecule is Cc1ccc2nc(COc3cccc(C(=O)N4CCCC(N)C4)c3)cn2c1. The van der Waals surface area contributed by atoms with Gasteiger partial charge in [-0.1, -0.05) is 12.1 Å². The highest BCUT2D eigenvalue weighted by Crippen LogP contribution is 2.19. The monoisotopic (exact) mass is 364 g/mol. The molecule has 3 aromatic rings. The highest BCUT2D eigenvalue weighted by Gasteiger charge is 2.22. The molecule has 2 aromatic heterocycles. The zero-order valence-electron chi connectivity index (χ0n) is 15.5. The number of nitrogens with two attached hydrogens (primary N) is 1. The van der Waals surface area contributed by atoms with Crippen LogP contribution < -0.4 is 10.5 Å². The van der Waals surface area contributed by atoms with Crippen LogP contribution in [0.3, 0.4) is 0 Å². The summed E-state index contributed by atoms with van der Waals surface area (Å²) in [6.45, 7) is 3.78. The van der Waals surface area contributed by atoms with Gasteiger partial charge >= 0.3 is 0 Å². The lowest BCUT2D eigenvalue weighted by molar-refractivity contribution is 0.0708. The van der Waals surface area contributed by atoms with Crippen LogP contribution in [-0.4, -0.2) is 39.3 Å². The predicted molar refractivity (Wildman–Crippen MR) is 104 cm³/mol. The molecule has 1 amide bonds. The summed E-state index contributed by atoms with van der Waals surface area (Å²) >= 11 is 0. The second kappa shape index (κ2) is 7.40. The number of ether oxygens (including phenoxy) is 1. The zero-order valence-corrected chi connectivity index (χ0v) is 15.5. The van der Waals surface area contributed by atoms with E-state index >= 15 is 0 Å². The minimum atomic E-state index is 0.0128. The van der Waals surface area contributed by atoms with E-state index in [1.54, 1.807) is 6.07 Å². The van der Waals surface area contributed by atoms with Crippen LogP contribution in [0.1, 0.15) is 34.5 Å². The molecule has 1 aliphatic heterocycles. The summed E-state index contributed by atoms with van der Waals surface area (Å²) in [5, 5.41) is 0. The van der Waals surface area contributed by atoms with Crippen LogP contribution in [0.25, 0.3) is 5.65 Å². The second-order valence-corrected chi connectivity index (χ2v) is 7.17. The first-order valence-corrected chi connectivity index (χ1v) is 9.30. The summed E-state index contributed by atoms with van der Waals surface area (Å²) in [7, 11) is 0. The van der Waals surface area contributed by atoms with Gasteiger partial charge in [-0.2, -0.15) is 0 Å². The standard InChI is InChI=1S/C21H24N4O2/c1-15-7-8-20-23-18(13-25(20)11-15)14-27-19-6-2-4-16(10-19)21(26)24-9-3-5-17(22)12-24/h2,4,6-8,10-11,13,17H,3,5,9,12,14,22H2,1H3. The molecule has 1 saturated heterocycles. The Hall–Kier alpha value is -2.86. The molecule has 0 saturated carbocycles. The Bertz CT molecular complexity index is 966. The molecule has 2 N–H and O–H groups in total. The Kier molecular flexibility index (Phi) is 4.81. The fourth-order valence-electron chi connectivity index (χ4n) is 3.48. The normalized spacial score (nSPS) is 17.3. The van der Waals surface area contributed by atoms with E-state index in [1.165, 1.54) is 5.56 Å². The molecular formula is C21H24N4O2. The van der Waals surface area contributed by atoms with Crippen molar-refractivity contribution in [2.24, 2.45) is 5.73 Å². The third kappa shape index (κ3) is 3.95. The number of nitrogens with zero attached hydrogens (tertiary/aromatic N) is 3. The number of pyridine rings is 1. The zero-order chi connectivity index (χ0) is 18.8. The van der Waals surface area contributed by atoms with E-state index < -0.39 is 0 Å². The van der Waals surface area contributed by atoms with E-state index in [0.717, 1.165) is 30.7 Å². The molecule has 27 heavy (non-hydrogen) atoms. The quantitative estimate of drug-likeness (QED) is 0.773. The number of amides is 1. The maximum Gasteiger partial charge on any atom is 0.254 e. The van der Waals surface area contributed by atoms with Gasteiger partial charge in [0.15, 0.2) is 0 Å². The van der Waals surface area contributed by atoms with Crippen molar-refractivity contribution in [3.05, 3.63) is 65.6 Å². The minimum absolute atomic E-state index is 0.0128. The van der Waals surface area contributed by atoms with Gasteiger partial charge in [0, 0.05) is 37.1 Å². The summed E-state index contributed by atoms with van der Waals surface area (Å²) in [6.07, 6.45) is 5.93. The van der Waals surface area contributed by atoms with Gasteiger partial charge in [0.05, 0.1) is 5.69 Å². The molecule has 1 fully saturated rings. The van der Waals surface area contributed by atoms with Crippen molar-refractivity contribution < 1.29 is 9.53 Å². The summed E-state index contributed by atoms with van der Waals surface area (Å²) in [5.74, 6) is 0.675. The average molecular weight is 364 g/mol. The fourth-order valence-corrected chi connectivity index (χ4v) is 3.48. The van der Waals surface area contributed by atoms with E-state index in [-0.39, 0.29) is 11.9 Å². The lowest BCUT2D eigenvalue weighted by Gasteiger charge is -2.30. The van der Waals surface area contributed by atoms with Gasteiger partial charge in [-0.3, -0.25) is 4.79 Å². The van der Waals surface area contributed by atoms with Crippen molar-refractivity contribution in [1.82, 2.24) is 14.3 Å². The van der Waals surface area contributed by atoms with Crippen molar-refractivity contribution in [3.8, 4) is 5.75 Å². The molecule has 1 unspecified atom stereocenters. The molecule has 1 aliphatic rings. The van der Waals surface area contributed by atoms with Gasteiger partial charge in [0.1, 0.15) is 18.0 Å². The van der Waals surface area contributed by atoms with Crippen molar-refractivity contribution in [2.75, 3.05) is 13.1 Å². The number of aryl methyl sites for hydroxylation is 1. The van der Waals surface area contributed by atoms with Crippen LogP contribution in [0.2, 0.25) is 0 Å². The highest BCUT2D eigenvalue weighted by molar-refractivity contribution is 5.94. The minimum Gasteiger partial charge on any atom is -0.487 e. The predicted octanol–water partition coefficient (Wildman–Crippen LogP) is 2.79. The summed E-state index contributed by atoms with van der Waals surface area (Å²) in [5.41, 5.74) is 9.55. The number of fused-ring (bicyclic) bond motifs is 1. The molecule has 1 atom stereocenters. The van der Waals surface area contributed by atoms with Crippen LogP contribution in [0.4, 0.5) is 0 Å². The van der Waals surface area contributed by atoms with E-state index in [4.69, 9.17) is 10.5 Å². The number of carbonyl (C=O) groups is 1. The number of aromatic nitrogens is 2. The van der Waals surface area contributed by atoms with Crippen LogP contribution >= 0.6 is 0 Å². The third-order valence-electron chi connectivity index (χ3n) is 4.86. The molecule has 4 rings (SSSR count). The van der Waals surface area contributed by atoms with Crippen molar-refractivity contribution in [3.63, 3.8) is 0 Å². The van der Waals surface area contributed by atoms with E-state index in [0.29, 0.717) is 24.5 Å².